The molecular formula is C13H10O3. The molecule has 0 saturated carbocycles. The summed E-state index contributed by atoms with van der Waals surface area (Å²) in [7, 11) is 0. The predicted octanol–water partition coefficient (Wildman–Crippen LogP) is 2.77. The minimum Gasteiger partial charge on any atom is -0.480 e. The van der Waals surface area contributed by atoms with Gasteiger partial charge >= 0.3 is 0 Å². The lowest BCUT2D eigenvalue weighted by atomic mass is 10.2. The van der Waals surface area contributed by atoms with Crippen LogP contribution in [0.3, 0.4) is 0 Å². The van der Waals surface area contributed by atoms with Crippen LogP contribution < -0.4 is 4.74 Å². The number of aliphatic hydroxyl groups excluding tert-OH is 1. The smallest absolute Gasteiger partial charge is 0.289 e. The molecule has 0 aliphatic heterocycles. The Balaban J connectivity index is 2.15. The van der Waals surface area contributed by atoms with Crippen molar-refractivity contribution in [3.63, 3.8) is 0 Å². The highest BCUT2D eigenvalue weighted by Crippen LogP contribution is 2.18. The zero-order valence-corrected chi connectivity index (χ0v) is 8.46. The summed E-state index contributed by atoms with van der Waals surface area (Å²) in [6, 6.07) is 6.51. The maximum absolute atomic E-state index is 10.4. The molecule has 0 unspecified atom stereocenters. The van der Waals surface area contributed by atoms with Gasteiger partial charge in [-0.15, -0.1) is 0 Å². The van der Waals surface area contributed by atoms with Gasteiger partial charge in [-0.05, 0) is 36.4 Å². The van der Waals surface area contributed by atoms with Gasteiger partial charge in [0, 0.05) is 5.56 Å². The molecule has 0 atom stereocenters. The SMILES string of the molecule is O=Cc1ccc(OC(O)=C2C=CC=C2)cc1. The molecule has 0 heterocycles. The fourth-order valence-electron chi connectivity index (χ4n) is 1.30. The summed E-state index contributed by atoms with van der Waals surface area (Å²) in [5.74, 6) is 0.341. The Bertz CT molecular complexity index is 464. The molecule has 1 aromatic rings. The van der Waals surface area contributed by atoms with Crippen molar-refractivity contribution in [2.45, 2.75) is 0 Å². The average Bonchev–Trinajstić information content (AvgIpc) is 2.83. The van der Waals surface area contributed by atoms with Crippen LogP contribution in [0.25, 0.3) is 0 Å². The van der Waals surface area contributed by atoms with Gasteiger partial charge in [0.05, 0.1) is 5.57 Å². The zero-order valence-electron chi connectivity index (χ0n) is 8.46. The van der Waals surface area contributed by atoms with Crippen molar-refractivity contribution in [2.24, 2.45) is 0 Å². The van der Waals surface area contributed by atoms with Gasteiger partial charge in [-0.25, -0.2) is 0 Å². The van der Waals surface area contributed by atoms with Gasteiger partial charge in [0.15, 0.2) is 0 Å². The second-order valence-corrected chi connectivity index (χ2v) is 3.27. The average molecular weight is 214 g/mol. The van der Waals surface area contributed by atoms with E-state index in [1.807, 2.05) is 12.2 Å². The van der Waals surface area contributed by atoms with Crippen molar-refractivity contribution in [1.29, 1.82) is 0 Å². The number of aliphatic hydroxyl groups is 1. The summed E-state index contributed by atoms with van der Waals surface area (Å²) in [5.41, 5.74) is 1.19. The second-order valence-electron chi connectivity index (χ2n) is 3.27. The van der Waals surface area contributed by atoms with Gasteiger partial charge in [-0.2, -0.15) is 0 Å². The number of carbonyl (C=O) groups excluding carboxylic acids is 1. The minimum absolute atomic E-state index is 0.149. The molecule has 0 fully saturated rings. The Kier molecular flexibility index (Phi) is 2.87. The topological polar surface area (TPSA) is 46.5 Å². The number of ether oxygens (including phenoxy) is 1. The number of aldehydes is 1. The number of allylic oxidation sites excluding steroid dienone is 5. The molecule has 0 bridgehead atoms. The Morgan fingerprint density at radius 1 is 1.12 bits per heavy atom. The molecule has 80 valence electrons. The third kappa shape index (κ3) is 2.20. The van der Waals surface area contributed by atoms with E-state index < -0.39 is 0 Å². The van der Waals surface area contributed by atoms with Crippen LogP contribution in [-0.4, -0.2) is 11.4 Å². The summed E-state index contributed by atoms with van der Waals surface area (Å²) in [4.78, 5) is 10.4. The Hall–Kier alpha value is -2.29. The Morgan fingerprint density at radius 3 is 2.31 bits per heavy atom. The normalized spacial score (nSPS) is 12.9. The van der Waals surface area contributed by atoms with Crippen LogP contribution in [-0.2, 0) is 0 Å². The van der Waals surface area contributed by atoms with E-state index in [-0.39, 0.29) is 5.95 Å². The molecule has 0 radical (unpaired) electrons. The molecule has 0 amide bonds. The molecular weight excluding hydrogens is 204 g/mol. The Morgan fingerprint density at radius 2 is 1.75 bits per heavy atom. The zero-order chi connectivity index (χ0) is 11.4. The summed E-state index contributed by atoms with van der Waals surface area (Å²) in [5, 5.41) is 9.61. The second kappa shape index (κ2) is 4.49. The van der Waals surface area contributed by atoms with E-state index >= 15 is 0 Å². The number of hydrogen-bond acceptors (Lipinski definition) is 3. The summed E-state index contributed by atoms with van der Waals surface area (Å²) in [6.45, 7) is 0. The van der Waals surface area contributed by atoms with Crippen LogP contribution in [0.5, 0.6) is 5.75 Å². The van der Waals surface area contributed by atoms with Crippen molar-refractivity contribution < 1.29 is 14.6 Å². The highest BCUT2D eigenvalue weighted by molar-refractivity contribution is 5.74. The maximum atomic E-state index is 10.4. The largest absolute Gasteiger partial charge is 0.480 e. The van der Waals surface area contributed by atoms with Crippen LogP contribution in [0, 0.1) is 0 Å². The van der Waals surface area contributed by atoms with Gasteiger partial charge in [-0.3, -0.25) is 4.79 Å². The molecule has 3 heteroatoms. The standard InChI is InChI=1S/C13H10O3/c14-9-10-5-7-12(8-6-10)16-13(15)11-3-1-2-4-11/h1-9,15H. The van der Waals surface area contributed by atoms with E-state index in [2.05, 4.69) is 0 Å². The van der Waals surface area contributed by atoms with E-state index in [0.29, 0.717) is 16.9 Å². The van der Waals surface area contributed by atoms with E-state index in [1.54, 1.807) is 36.4 Å². The van der Waals surface area contributed by atoms with Gasteiger partial charge in [-0.1, -0.05) is 12.2 Å². The first-order chi connectivity index (χ1) is 7.79. The third-order valence-corrected chi connectivity index (χ3v) is 2.14. The minimum atomic E-state index is -0.149. The van der Waals surface area contributed by atoms with E-state index in [4.69, 9.17) is 4.74 Å². The summed E-state index contributed by atoms with van der Waals surface area (Å²) in [6.07, 6.45) is 7.86. The van der Waals surface area contributed by atoms with Gasteiger partial charge in [0.25, 0.3) is 5.95 Å². The van der Waals surface area contributed by atoms with Crippen LogP contribution in [0.4, 0.5) is 0 Å². The van der Waals surface area contributed by atoms with Gasteiger partial charge in [0.2, 0.25) is 0 Å². The van der Waals surface area contributed by atoms with E-state index in [9.17, 15) is 9.90 Å². The van der Waals surface area contributed by atoms with Crippen LogP contribution in [0.2, 0.25) is 0 Å². The number of rotatable bonds is 3. The molecule has 3 nitrogen and oxygen atoms in total. The third-order valence-electron chi connectivity index (χ3n) is 2.14. The molecule has 0 saturated heterocycles. The van der Waals surface area contributed by atoms with Crippen molar-refractivity contribution in [1.82, 2.24) is 0 Å². The lowest BCUT2D eigenvalue weighted by Gasteiger charge is -2.05. The summed E-state index contributed by atoms with van der Waals surface area (Å²) >= 11 is 0. The van der Waals surface area contributed by atoms with E-state index in [1.165, 1.54) is 0 Å². The molecule has 0 aromatic heterocycles. The van der Waals surface area contributed by atoms with Crippen LogP contribution in [0.15, 0.2) is 60.1 Å². The Labute approximate surface area is 93.0 Å². The molecule has 1 N–H and O–H groups in total. The van der Waals surface area contributed by atoms with Crippen molar-refractivity contribution in [3.05, 3.63) is 65.7 Å². The van der Waals surface area contributed by atoms with Crippen LogP contribution >= 0.6 is 0 Å². The first-order valence-electron chi connectivity index (χ1n) is 4.80. The monoisotopic (exact) mass is 214 g/mol. The highest BCUT2D eigenvalue weighted by atomic mass is 16.6. The fraction of sp³-hybridized carbons (Fsp3) is 0. The molecule has 1 aliphatic rings. The first kappa shape index (κ1) is 10.2. The van der Waals surface area contributed by atoms with Crippen LogP contribution in [0.1, 0.15) is 10.4 Å². The van der Waals surface area contributed by atoms with Crippen molar-refractivity contribution in [2.75, 3.05) is 0 Å². The highest BCUT2D eigenvalue weighted by Gasteiger charge is 2.05. The number of hydrogen-bond donors (Lipinski definition) is 1. The van der Waals surface area contributed by atoms with E-state index in [0.717, 1.165) is 6.29 Å². The van der Waals surface area contributed by atoms with Gasteiger partial charge in [0.1, 0.15) is 12.0 Å². The van der Waals surface area contributed by atoms with Crippen molar-refractivity contribution >= 4 is 6.29 Å². The quantitative estimate of drug-likeness (QED) is 0.621. The molecule has 1 aliphatic carbocycles. The van der Waals surface area contributed by atoms with Crippen molar-refractivity contribution in [3.8, 4) is 5.75 Å². The number of benzene rings is 1. The van der Waals surface area contributed by atoms with Gasteiger partial charge < -0.3 is 9.84 Å². The number of carbonyl (C=O) groups is 1. The fourth-order valence-corrected chi connectivity index (χ4v) is 1.30. The lowest BCUT2D eigenvalue weighted by molar-refractivity contribution is 0.112. The molecule has 1 aromatic carbocycles. The summed E-state index contributed by atoms with van der Waals surface area (Å²) < 4.78 is 5.21. The first-order valence-corrected chi connectivity index (χ1v) is 4.80. The molecule has 0 spiro atoms. The molecule has 16 heavy (non-hydrogen) atoms. The predicted molar refractivity (Wildman–Crippen MR) is 60.4 cm³/mol. The maximum Gasteiger partial charge on any atom is 0.289 e. The molecule has 2 rings (SSSR count). The lowest BCUT2D eigenvalue weighted by Crippen LogP contribution is -1.96.